The van der Waals surface area contributed by atoms with Crippen LogP contribution in [0, 0.1) is 6.92 Å². The van der Waals surface area contributed by atoms with E-state index in [2.05, 4.69) is 5.16 Å². The molecule has 0 fully saturated rings. The van der Waals surface area contributed by atoms with Crippen molar-refractivity contribution in [3.8, 4) is 11.5 Å². The van der Waals surface area contributed by atoms with E-state index in [9.17, 15) is 0 Å². The summed E-state index contributed by atoms with van der Waals surface area (Å²) >= 11 is 6.28. The summed E-state index contributed by atoms with van der Waals surface area (Å²) in [5, 5.41) is 4.29. The van der Waals surface area contributed by atoms with Gasteiger partial charge in [-0.3, -0.25) is 0 Å². The maximum absolute atomic E-state index is 6.28. The maximum Gasteiger partial charge on any atom is 0.180 e. The number of aromatic nitrogens is 1. The second-order valence-corrected chi connectivity index (χ2v) is 5.42. The van der Waals surface area contributed by atoms with Crippen LogP contribution < -0.4 is 15.2 Å². The second kappa shape index (κ2) is 6.83. The molecule has 0 aliphatic rings. The quantitative estimate of drug-likeness (QED) is 0.887. The fourth-order valence-electron chi connectivity index (χ4n) is 2.03. The summed E-state index contributed by atoms with van der Waals surface area (Å²) in [4.78, 5) is 0. The van der Waals surface area contributed by atoms with Crippen LogP contribution in [0.15, 0.2) is 22.7 Å². The molecule has 0 aliphatic carbocycles. The average molecular weight is 311 g/mol. The molecule has 21 heavy (non-hydrogen) atoms. The Morgan fingerprint density at radius 2 is 2.14 bits per heavy atom. The van der Waals surface area contributed by atoms with Crippen molar-refractivity contribution in [3.63, 3.8) is 0 Å². The van der Waals surface area contributed by atoms with Crippen LogP contribution in [-0.4, -0.2) is 18.3 Å². The third kappa shape index (κ3) is 4.12. The van der Waals surface area contributed by atoms with Crippen LogP contribution >= 0.6 is 11.6 Å². The first-order valence-electron chi connectivity index (χ1n) is 6.66. The van der Waals surface area contributed by atoms with E-state index in [-0.39, 0.29) is 12.6 Å². The van der Waals surface area contributed by atoms with Crippen molar-refractivity contribution in [3.05, 3.63) is 40.2 Å². The van der Waals surface area contributed by atoms with Gasteiger partial charge in [0.15, 0.2) is 17.3 Å². The van der Waals surface area contributed by atoms with Gasteiger partial charge >= 0.3 is 0 Å². The highest BCUT2D eigenvalue weighted by atomic mass is 35.5. The van der Waals surface area contributed by atoms with Crippen molar-refractivity contribution < 1.29 is 14.0 Å². The minimum Gasteiger partial charge on any atom is -0.493 e. The van der Waals surface area contributed by atoms with Crippen LogP contribution in [0.25, 0.3) is 0 Å². The summed E-state index contributed by atoms with van der Waals surface area (Å²) in [6.07, 6.45) is 0.720. The summed E-state index contributed by atoms with van der Waals surface area (Å²) < 4.78 is 16.1. The lowest BCUT2D eigenvalue weighted by atomic mass is 10.1. The molecule has 0 bridgehead atoms. The molecule has 1 aromatic heterocycles. The largest absolute Gasteiger partial charge is 0.493 e. The van der Waals surface area contributed by atoms with E-state index in [4.69, 9.17) is 31.3 Å². The molecular weight excluding hydrogens is 292 g/mol. The molecule has 1 aromatic carbocycles. The van der Waals surface area contributed by atoms with E-state index in [0.29, 0.717) is 22.3 Å². The molecule has 0 saturated carbocycles. The Kier molecular flexibility index (Phi) is 5.09. The number of hydrogen-bond donors (Lipinski definition) is 1. The summed E-state index contributed by atoms with van der Waals surface area (Å²) in [5.74, 6) is 1.70. The van der Waals surface area contributed by atoms with E-state index in [1.54, 1.807) is 7.11 Å². The molecule has 0 saturated heterocycles. The highest BCUT2D eigenvalue weighted by Crippen LogP contribution is 2.37. The van der Waals surface area contributed by atoms with Gasteiger partial charge in [-0.05, 0) is 38.0 Å². The third-order valence-electron chi connectivity index (χ3n) is 2.88. The zero-order chi connectivity index (χ0) is 15.4. The van der Waals surface area contributed by atoms with Gasteiger partial charge in [-0.1, -0.05) is 16.8 Å². The lowest BCUT2D eigenvalue weighted by Crippen LogP contribution is -2.17. The molecule has 6 heteroatoms. The van der Waals surface area contributed by atoms with E-state index in [0.717, 1.165) is 17.7 Å². The van der Waals surface area contributed by atoms with Crippen molar-refractivity contribution in [2.45, 2.75) is 32.9 Å². The SMILES string of the molecule is COc1cc(CC(C)N)cc(Cl)c1OCc1cc(C)no1. The standard InChI is InChI=1S/C15H19ClN2O3/c1-9(17)4-11-6-13(16)15(14(7-11)19-3)20-8-12-5-10(2)18-21-12/h5-7,9H,4,8,17H2,1-3H3. The normalized spacial score (nSPS) is 12.2. The fraction of sp³-hybridized carbons (Fsp3) is 0.400. The number of methoxy groups -OCH3 is 1. The minimum absolute atomic E-state index is 0.0507. The number of rotatable bonds is 6. The first-order chi connectivity index (χ1) is 9.99. The summed E-state index contributed by atoms with van der Waals surface area (Å²) in [7, 11) is 1.58. The topological polar surface area (TPSA) is 70.5 Å². The number of nitrogens with zero attached hydrogens (tertiary/aromatic N) is 1. The lowest BCUT2D eigenvalue weighted by Gasteiger charge is -2.14. The van der Waals surface area contributed by atoms with Gasteiger partial charge in [-0.2, -0.15) is 0 Å². The number of hydrogen-bond acceptors (Lipinski definition) is 5. The van der Waals surface area contributed by atoms with Gasteiger partial charge in [0.2, 0.25) is 0 Å². The molecule has 1 heterocycles. The number of nitrogens with two attached hydrogens (primary N) is 1. The molecule has 2 rings (SSSR count). The van der Waals surface area contributed by atoms with Gasteiger partial charge < -0.3 is 19.7 Å². The van der Waals surface area contributed by atoms with Crippen LogP contribution in [0.2, 0.25) is 5.02 Å². The Labute approximate surface area is 129 Å². The average Bonchev–Trinajstić information content (AvgIpc) is 2.82. The van der Waals surface area contributed by atoms with Crippen LogP contribution in [0.1, 0.15) is 23.9 Å². The predicted molar refractivity (Wildman–Crippen MR) is 80.9 cm³/mol. The van der Waals surface area contributed by atoms with Crippen LogP contribution in [0.5, 0.6) is 11.5 Å². The fourth-order valence-corrected chi connectivity index (χ4v) is 2.32. The number of ether oxygens (including phenoxy) is 2. The first kappa shape index (κ1) is 15.7. The van der Waals surface area contributed by atoms with Gasteiger partial charge in [-0.15, -0.1) is 0 Å². The van der Waals surface area contributed by atoms with Crippen LogP contribution in [0.3, 0.4) is 0 Å². The highest BCUT2D eigenvalue weighted by Gasteiger charge is 2.14. The Hall–Kier alpha value is -1.72. The first-order valence-corrected chi connectivity index (χ1v) is 7.04. The van der Waals surface area contributed by atoms with E-state index < -0.39 is 0 Å². The summed E-state index contributed by atoms with van der Waals surface area (Å²) in [5.41, 5.74) is 7.62. The highest BCUT2D eigenvalue weighted by molar-refractivity contribution is 6.32. The van der Waals surface area contributed by atoms with Crippen LogP contribution in [-0.2, 0) is 13.0 Å². The molecule has 114 valence electrons. The summed E-state index contributed by atoms with van der Waals surface area (Å²) in [6.45, 7) is 4.03. The Morgan fingerprint density at radius 3 is 2.71 bits per heavy atom. The monoisotopic (exact) mass is 310 g/mol. The van der Waals surface area contributed by atoms with Crippen molar-refractivity contribution >= 4 is 11.6 Å². The van der Waals surface area contributed by atoms with Crippen molar-refractivity contribution in [1.82, 2.24) is 5.16 Å². The smallest absolute Gasteiger partial charge is 0.180 e. The van der Waals surface area contributed by atoms with E-state index >= 15 is 0 Å². The molecule has 0 amide bonds. The minimum atomic E-state index is 0.0507. The molecule has 2 aromatic rings. The molecule has 0 aliphatic heterocycles. The van der Waals surface area contributed by atoms with E-state index in [1.165, 1.54) is 0 Å². The molecule has 1 unspecified atom stereocenters. The Balaban J connectivity index is 2.18. The molecule has 0 radical (unpaired) electrons. The van der Waals surface area contributed by atoms with Gasteiger partial charge in [0.05, 0.1) is 17.8 Å². The van der Waals surface area contributed by atoms with Crippen molar-refractivity contribution in [1.29, 1.82) is 0 Å². The van der Waals surface area contributed by atoms with Crippen molar-refractivity contribution in [2.75, 3.05) is 7.11 Å². The predicted octanol–water partition coefficient (Wildman–Crippen LogP) is 3.11. The zero-order valence-corrected chi connectivity index (χ0v) is 13.1. The lowest BCUT2D eigenvalue weighted by molar-refractivity contribution is 0.239. The maximum atomic E-state index is 6.28. The Morgan fingerprint density at radius 1 is 1.38 bits per heavy atom. The van der Waals surface area contributed by atoms with Crippen molar-refractivity contribution in [2.24, 2.45) is 5.73 Å². The van der Waals surface area contributed by atoms with Gasteiger partial charge in [0, 0.05) is 12.1 Å². The third-order valence-corrected chi connectivity index (χ3v) is 3.16. The molecule has 2 N–H and O–H groups in total. The van der Waals surface area contributed by atoms with Gasteiger partial charge in [-0.25, -0.2) is 0 Å². The second-order valence-electron chi connectivity index (χ2n) is 5.01. The molecular formula is C15H19ClN2O3. The van der Waals surface area contributed by atoms with Gasteiger partial charge in [0.25, 0.3) is 0 Å². The number of aryl methyl sites for hydroxylation is 1. The molecule has 1 atom stereocenters. The summed E-state index contributed by atoms with van der Waals surface area (Å²) in [6, 6.07) is 5.59. The number of halogens is 1. The zero-order valence-electron chi connectivity index (χ0n) is 12.4. The van der Waals surface area contributed by atoms with E-state index in [1.807, 2.05) is 32.0 Å². The molecule has 5 nitrogen and oxygen atoms in total. The van der Waals surface area contributed by atoms with Gasteiger partial charge in [0.1, 0.15) is 6.61 Å². The Bertz CT molecular complexity index is 611. The van der Waals surface area contributed by atoms with Crippen LogP contribution in [0.4, 0.5) is 0 Å². The molecule has 0 spiro atoms. The number of benzene rings is 1.